The predicted molar refractivity (Wildman–Crippen MR) is 85.5 cm³/mol. The van der Waals surface area contributed by atoms with Crippen LogP contribution in [0.25, 0.3) is 5.69 Å². The van der Waals surface area contributed by atoms with Crippen molar-refractivity contribution >= 4 is 0 Å². The molecule has 4 rings (SSSR count). The molecule has 0 unspecified atom stereocenters. The molecule has 6 heteroatoms. The van der Waals surface area contributed by atoms with Crippen molar-refractivity contribution in [2.75, 3.05) is 0 Å². The van der Waals surface area contributed by atoms with Gasteiger partial charge in [-0.3, -0.25) is 0 Å². The van der Waals surface area contributed by atoms with Gasteiger partial charge in [-0.2, -0.15) is 4.68 Å². The van der Waals surface area contributed by atoms with Crippen molar-refractivity contribution in [3.63, 3.8) is 0 Å². The molecule has 0 aliphatic heterocycles. The van der Waals surface area contributed by atoms with Crippen LogP contribution in [-0.4, -0.2) is 26.2 Å². The van der Waals surface area contributed by atoms with E-state index in [1.165, 1.54) is 18.4 Å². The number of hydrogen-bond acceptors (Lipinski definition) is 5. The van der Waals surface area contributed by atoms with Gasteiger partial charge in [0.25, 0.3) is 0 Å². The number of benzene rings is 2. The quantitative estimate of drug-likeness (QED) is 0.758. The van der Waals surface area contributed by atoms with Gasteiger partial charge in [0.05, 0.1) is 5.69 Å². The predicted octanol–water partition coefficient (Wildman–Crippen LogP) is 2.71. The molecule has 0 bridgehead atoms. The molecule has 1 fully saturated rings. The fourth-order valence-electron chi connectivity index (χ4n) is 2.35. The number of rotatable bonds is 6. The van der Waals surface area contributed by atoms with E-state index >= 15 is 0 Å². The van der Waals surface area contributed by atoms with E-state index in [9.17, 15) is 0 Å². The number of para-hydroxylation sites is 1. The van der Waals surface area contributed by atoms with E-state index in [-0.39, 0.29) is 0 Å². The Morgan fingerprint density at radius 2 is 1.96 bits per heavy atom. The van der Waals surface area contributed by atoms with Gasteiger partial charge in [0.15, 0.2) is 0 Å². The fraction of sp³-hybridized carbons (Fsp3) is 0.235. The van der Waals surface area contributed by atoms with Crippen LogP contribution in [0.5, 0.6) is 11.8 Å². The van der Waals surface area contributed by atoms with Crippen LogP contribution in [-0.2, 0) is 6.54 Å². The molecule has 0 radical (unpaired) electrons. The van der Waals surface area contributed by atoms with Crippen LogP contribution in [0, 0.1) is 0 Å². The molecule has 2 aromatic carbocycles. The first-order valence-corrected chi connectivity index (χ1v) is 7.72. The molecule has 6 nitrogen and oxygen atoms in total. The van der Waals surface area contributed by atoms with Gasteiger partial charge >= 0.3 is 6.01 Å². The highest BCUT2D eigenvalue weighted by molar-refractivity contribution is 5.34. The Balaban J connectivity index is 1.52. The Hall–Kier alpha value is -2.73. The Morgan fingerprint density at radius 3 is 2.78 bits per heavy atom. The lowest BCUT2D eigenvalue weighted by Gasteiger charge is -2.08. The number of ether oxygens (including phenoxy) is 1. The normalized spacial score (nSPS) is 13.9. The van der Waals surface area contributed by atoms with Gasteiger partial charge in [-0.1, -0.05) is 35.4 Å². The van der Waals surface area contributed by atoms with Gasteiger partial charge in [0.2, 0.25) is 0 Å². The number of aromatic nitrogens is 4. The topological polar surface area (TPSA) is 64.9 Å². The molecule has 0 saturated heterocycles. The molecule has 1 saturated carbocycles. The van der Waals surface area contributed by atoms with Crippen molar-refractivity contribution in [2.24, 2.45) is 0 Å². The number of nitrogens with zero attached hydrogens (tertiary/aromatic N) is 4. The highest BCUT2D eigenvalue weighted by Crippen LogP contribution is 2.23. The smallest absolute Gasteiger partial charge is 0.345 e. The van der Waals surface area contributed by atoms with E-state index in [2.05, 4.69) is 26.9 Å². The Bertz CT molecular complexity index is 782. The Kier molecular flexibility index (Phi) is 3.73. The first kappa shape index (κ1) is 13.9. The van der Waals surface area contributed by atoms with E-state index in [0.717, 1.165) is 18.0 Å². The molecule has 23 heavy (non-hydrogen) atoms. The summed E-state index contributed by atoms with van der Waals surface area (Å²) >= 11 is 0. The average Bonchev–Trinajstić information content (AvgIpc) is 3.32. The standard InChI is InChI=1S/C17H17N5O/c1-2-6-15(7-3-1)22-17(19-20-21-22)23-16-8-4-5-13(11-16)12-18-14-9-10-14/h1-8,11,14,18H,9-10,12H2. The van der Waals surface area contributed by atoms with Gasteiger partial charge in [0, 0.05) is 12.6 Å². The maximum Gasteiger partial charge on any atom is 0.345 e. The number of tetrazole rings is 1. The molecule has 1 aromatic heterocycles. The summed E-state index contributed by atoms with van der Waals surface area (Å²) in [6.07, 6.45) is 2.56. The summed E-state index contributed by atoms with van der Waals surface area (Å²) in [6, 6.07) is 18.7. The summed E-state index contributed by atoms with van der Waals surface area (Å²) in [5.74, 6) is 0.729. The third-order valence-electron chi connectivity index (χ3n) is 3.72. The van der Waals surface area contributed by atoms with Crippen molar-refractivity contribution in [3.05, 3.63) is 60.2 Å². The second-order valence-electron chi connectivity index (χ2n) is 5.61. The van der Waals surface area contributed by atoms with E-state index in [1.54, 1.807) is 4.68 Å². The zero-order chi connectivity index (χ0) is 15.5. The van der Waals surface area contributed by atoms with Crippen LogP contribution in [0.3, 0.4) is 0 Å². The zero-order valence-electron chi connectivity index (χ0n) is 12.6. The van der Waals surface area contributed by atoms with Crippen LogP contribution in [0.1, 0.15) is 18.4 Å². The van der Waals surface area contributed by atoms with E-state index < -0.39 is 0 Å². The largest absolute Gasteiger partial charge is 0.423 e. The lowest BCUT2D eigenvalue weighted by atomic mass is 10.2. The first-order valence-electron chi connectivity index (χ1n) is 7.72. The molecule has 1 heterocycles. The molecular weight excluding hydrogens is 290 g/mol. The minimum Gasteiger partial charge on any atom is -0.423 e. The SMILES string of the molecule is c1ccc(-n2nnnc2Oc2cccc(CNC3CC3)c2)cc1. The Labute approximate surface area is 134 Å². The second kappa shape index (κ2) is 6.18. The summed E-state index contributed by atoms with van der Waals surface area (Å²) in [5.41, 5.74) is 2.05. The van der Waals surface area contributed by atoms with Crippen LogP contribution in [0.15, 0.2) is 54.6 Å². The van der Waals surface area contributed by atoms with Crippen LogP contribution in [0.2, 0.25) is 0 Å². The van der Waals surface area contributed by atoms with Crippen molar-refractivity contribution in [1.29, 1.82) is 0 Å². The molecule has 1 aliphatic rings. The lowest BCUT2D eigenvalue weighted by Crippen LogP contribution is -2.15. The van der Waals surface area contributed by atoms with Crippen molar-refractivity contribution in [1.82, 2.24) is 25.5 Å². The summed E-state index contributed by atoms with van der Waals surface area (Å²) in [5, 5.41) is 15.2. The maximum absolute atomic E-state index is 5.87. The van der Waals surface area contributed by atoms with Crippen molar-refractivity contribution < 1.29 is 4.74 Å². The van der Waals surface area contributed by atoms with Crippen LogP contribution in [0.4, 0.5) is 0 Å². The summed E-state index contributed by atoms with van der Waals surface area (Å²) in [7, 11) is 0. The molecule has 0 atom stereocenters. The molecule has 1 N–H and O–H groups in total. The van der Waals surface area contributed by atoms with Gasteiger partial charge < -0.3 is 10.1 Å². The van der Waals surface area contributed by atoms with Gasteiger partial charge in [-0.25, -0.2) is 0 Å². The molecule has 3 aromatic rings. The molecular formula is C17H17N5O. The number of hydrogen-bond donors (Lipinski definition) is 1. The average molecular weight is 307 g/mol. The molecule has 0 amide bonds. The van der Waals surface area contributed by atoms with E-state index in [4.69, 9.17) is 4.74 Å². The summed E-state index contributed by atoms with van der Waals surface area (Å²) in [4.78, 5) is 0. The molecule has 116 valence electrons. The molecule has 0 spiro atoms. The minimum atomic E-state index is 0.350. The van der Waals surface area contributed by atoms with Gasteiger partial charge in [-0.05, 0) is 53.1 Å². The third-order valence-corrected chi connectivity index (χ3v) is 3.72. The maximum atomic E-state index is 5.87. The fourth-order valence-corrected chi connectivity index (χ4v) is 2.35. The summed E-state index contributed by atoms with van der Waals surface area (Å²) < 4.78 is 7.44. The molecule has 1 aliphatic carbocycles. The zero-order valence-corrected chi connectivity index (χ0v) is 12.6. The number of nitrogens with one attached hydrogen (secondary N) is 1. The minimum absolute atomic E-state index is 0.350. The van der Waals surface area contributed by atoms with Crippen LogP contribution < -0.4 is 10.1 Å². The highest BCUT2D eigenvalue weighted by atomic mass is 16.5. The van der Waals surface area contributed by atoms with E-state index in [0.29, 0.717) is 12.1 Å². The van der Waals surface area contributed by atoms with Gasteiger partial charge in [-0.15, -0.1) is 0 Å². The van der Waals surface area contributed by atoms with E-state index in [1.807, 2.05) is 48.5 Å². The third kappa shape index (κ3) is 3.37. The lowest BCUT2D eigenvalue weighted by molar-refractivity contribution is 0.426. The second-order valence-corrected chi connectivity index (χ2v) is 5.61. The van der Waals surface area contributed by atoms with Crippen molar-refractivity contribution in [3.8, 4) is 17.4 Å². The van der Waals surface area contributed by atoms with Crippen molar-refractivity contribution in [2.45, 2.75) is 25.4 Å². The summed E-state index contributed by atoms with van der Waals surface area (Å²) in [6.45, 7) is 0.853. The Morgan fingerprint density at radius 1 is 1.09 bits per heavy atom. The van der Waals surface area contributed by atoms with Gasteiger partial charge in [0.1, 0.15) is 5.75 Å². The first-order chi connectivity index (χ1) is 11.4. The van der Waals surface area contributed by atoms with Crippen LogP contribution >= 0.6 is 0 Å². The highest BCUT2D eigenvalue weighted by Gasteiger charge is 2.20. The monoisotopic (exact) mass is 307 g/mol.